The first-order valence-electron chi connectivity index (χ1n) is 8.05. The molecular formula is C18H21N3OS. The van der Waals surface area contributed by atoms with Gasteiger partial charge in [0, 0.05) is 29.4 Å². The maximum atomic E-state index is 12.6. The highest BCUT2D eigenvalue weighted by atomic mass is 32.1. The molecule has 0 atom stereocenters. The minimum absolute atomic E-state index is 0.0345. The molecule has 23 heavy (non-hydrogen) atoms. The lowest BCUT2D eigenvalue weighted by Gasteiger charge is -2.20. The molecule has 2 aromatic heterocycles. The normalized spacial score (nSPS) is 11.0. The Bertz CT molecular complexity index is 766. The molecule has 0 radical (unpaired) electrons. The first kappa shape index (κ1) is 15.7. The molecule has 3 rings (SSSR count). The molecule has 0 bridgehead atoms. The number of aromatic amines is 1. The maximum absolute atomic E-state index is 12.6. The number of nitrogens with zero attached hydrogens (tertiary/aromatic N) is 2. The Balaban J connectivity index is 1.85. The third kappa shape index (κ3) is 3.29. The Labute approximate surface area is 140 Å². The maximum Gasteiger partial charge on any atom is 0.273 e. The second-order valence-corrected chi connectivity index (χ2v) is 6.46. The van der Waals surface area contributed by atoms with Gasteiger partial charge in [-0.25, -0.2) is 4.98 Å². The number of fused-ring (bicyclic) bond motifs is 1. The van der Waals surface area contributed by atoms with Crippen molar-refractivity contribution in [2.45, 2.75) is 26.7 Å². The fourth-order valence-corrected chi connectivity index (χ4v) is 3.47. The molecule has 0 saturated heterocycles. The summed E-state index contributed by atoms with van der Waals surface area (Å²) in [5.74, 6) is 0.0345. The Morgan fingerprint density at radius 2 is 1.96 bits per heavy atom. The quantitative estimate of drug-likeness (QED) is 0.722. The van der Waals surface area contributed by atoms with Gasteiger partial charge in [-0.2, -0.15) is 0 Å². The van der Waals surface area contributed by atoms with E-state index in [-0.39, 0.29) is 5.91 Å². The average Bonchev–Trinajstić information content (AvgIpc) is 3.20. The van der Waals surface area contributed by atoms with E-state index in [2.05, 4.69) is 35.9 Å². The van der Waals surface area contributed by atoms with Crippen LogP contribution in [0, 0.1) is 0 Å². The molecule has 0 aliphatic heterocycles. The minimum Gasteiger partial charge on any atom is -0.353 e. The third-order valence-electron chi connectivity index (χ3n) is 3.76. The molecule has 0 unspecified atom stereocenters. The monoisotopic (exact) mass is 327 g/mol. The SMILES string of the molecule is CCCN(CCC)C(=O)c1csc(-c2cc3ccccc3[nH]2)n1. The minimum atomic E-state index is 0.0345. The number of H-pyrrole nitrogens is 1. The van der Waals surface area contributed by atoms with Crippen LogP contribution in [0.4, 0.5) is 0 Å². The summed E-state index contributed by atoms with van der Waals surface area (Å²) in [5, 5.41) is 3.88. The Morgan fingerprint density at radius 3 is 2.65 bits per heavy atom. The first-order valence-corrected chi connectivity index (χ1v) is 8.93. The number of thiazole rings is 1. The number of hydrogen-bond acceptors (Lipinski definition) is 3. The predicted molar refractivity (Wildman–Crippen MR) is 95.9 cm³/mol. The molecule has 0 spiro atoms. The van der Waals surface area contributed by atoms with Gasteiger partial charge in [0.15, 0.2) is 0 Å². The van der Waals surface area contributed by atoms with Gasteiger partial charge in [-0.05, 0) is 25.0 Å². The molecule has 0 fully saturated rings. The largest absolute Gasteiger partial charge is 0.353 e. The van der Waals surface area contributed by atoms with E-state index in [1.807, 2.05) is 28.5 Å². The van der Waals surface area contributed by atoms with Crippen molar-refractivity contribution in [2.24, 2.45) is 0 Å². The number of benzene rings is 1. The number of aromatic nitrogens is 2. The van der Waals surface area contributed by atoms with Crippen molar-refractivity contribution in [2.75, 3.05) is 13.1 Å². The molecule has 0 aliphatic carbocycles. The van der Waals surface area contributed by atoms with E-state index in [1.54, 1.807) is 0 Å². The predicted octanol–water partition coefficient (Wildman–Crippen LogP) is 4.55. The van der Waals surface area contributed by atoms with E-state index in [9.17, 15) is 4.79 Å². The number of para-hydroxylation sites is 1. The molecule has 3 aromatic rings. The first-order chi connectivity index (χ1) is 11.2. The lowest BCUT2D eigenvalue weighted by Crippen LogP contribution is -2.32. The summed E-state index contributed by atoms with van der Waals surface area (Å²) in [7, 11) is 0. The summed E-state index contributed by atoms with van der Waals surface area (Å²) >= 11 is 1.51. The van der Waals surface area contributed by atoms with Crippen molar-refractivity contribution in [3.05, 3.63) is 41.4 Å². The van der Waals surface area contributed by atoms with Crippen LogP contribution >= 0.6 is 11.3 Å². The Hall–Kier alpha value is -2.14. The summed E-state index contributed by atoms with van der Waals surface area (Å²) < 4.78 is 0. The molecule has 120 valence electrons. The number of hydrogen-bond donors (Lipinski definition) is 1. The zero-order valence-corrected chi connectivity index (χ0v) is 14.3. The van der Waals surface area contributed by atoms with Gasteiger partial charge in [0.05, 0.1) is 5.69 Å². The standard InChI is InChI=1S/C18H21N3OS/c1-3-9-21(10-4-2)18(22)16-12-23-17(20-16)15-11-13-7-5-6-8-14(13)19-15/h5-8,11-12,19H,3-4,9-10H2,1-2H3. The van der Waals surface area contributed by atoms with Gasteiger partial charge in [-0.3, -0.25) is 4.79 Å². The zero-order valence-electron chi connectivity index (χ0n) is 13.5. The van der Waals surface area contributed by atoms with Gasteiger partial charge in [-0.1, -0.05) is 32.0 Å². The Morgan fingerprint density at radius 1 is 1.22 bits per heavy atom. The van der Waals surface area contributed by atoms with Crippen molar-refractivity contribution >= 4 is 28.1 Å². The van der Waals surface area contributed by atoms with Crippen LogP contribution in [0.25, 0.3) is 21.6 Å². The Kier molecular flexibility index (Phi) is 4.76. The average molecular weight is 327 g/mol. The molecule has 0 saturated carbocycles. The van der Waals surface area contributed by atoms with Gasteiger partial charge in [-0.15, -0.1) is 11.3 Å². The topological polar surface area (TPSA) is 49.0 Å². The molecule has 2 heterocycles. The smallest absolute Gasteiger partial charge is 0.273 e. The second-order valence-electron chi connectivity index (χ2n) is 5.60. The number of carbonyl (C=O) groups is 1. The van der Waals surface area contributed by atoms with Crippen LogP contribution in [0.2, 0.25) is 0 Å². The molecule has 1 amide bonds. The molecular weight excluding hydrogens is 306 g/mol. The van der Waals surface area contributed by atoms with E-state index in [0.717, 1.165) is 47.5 Å². The van der Waals surface area contributed by atoms with Crippen LogP contribution in [0.5, 0.6) is 0 Å². The molecule has 1 N–H and O–H groups in total. The van der Waals surface area contributed by atoms with Gasteiger partial charge in [0.2, 0.25) is 0 Å². The zero-order chi connectivity index (χ0) is 16.2. The van der Waals surface area contributed by atoms with Gasteiger partial charge in [0.1, 0.15) is 10.7 Å². The van der Waals surface area contributed by atoms with Crippen molar-refractivity contribution in [1.82, 2.24) is 14.9 Å². The van der Waals surface area contributed by atoms with Crippen molar-refractivity contribution in [3.63, 3.8) is 0 Å². The lowest BCUT2D eigenvalue weighted by atomic mass is 10.2. The van der Waals surface area contributed by atoms with Crippen LogP contribution in [0.1, 0.15) is 37.2 Å². The molecule has 4 nitrogen and oxygen atoms in total. The van der Waals surface area contributed by atoms with Gasteiger partial charge in [0.25, 0.3) is 5.91 Å². The van der Waals surface area contributed by atoms with Crippen molar-refractivity contribution in [3.8, 4) is 10.7 Å². The highest BCUT2D eigenvalue weighted by Gasteiger charge is 2.18. The van der Waals surface area contributed by atoms with Crippen LogP contribution in [-0.4, -0.2) is 33.9 Å². The molecule has 5 heteroatoms. The van der Waals surface area contributed by atoms with Gasteiger partial charge >= 0.3 is 0 Å². The fraction of sp³-hybridized carbons (Fsp3) is 0.333. The third-order valence-corrected chi connectivity index (χ3v) is 4.63. The highest BCUT2D eigenvalue weighted by Crippen LogP contribution is 2.27. The molecule has 0 aliphatic rings. The van der Waals surface area contributed by atoms with Crippen molar-refractivity contribution in [1.29, 1.82) is 0 Å². The van der Waals surface area contributed by atoms with E-state index < -0.39 is 0 Å². The number of nitrogens with one attached hydrogen (secondary N) is 1. The number of carbonyl (C=O) groups excluding carboxylic acids is 1. The van der Waals surface area contributed by atoms with Crippen LogP contribution in [-0.2, 0) is 0 Å². The van der Waals surface area contributed by atoms with E-state index >= 15 is 0 Å². The second kappa shape index (κ2) is 6.96. The van der Waals surface area contributed by atoms with E-state index in [1.165, 1.54) is 11.3 Å². The van der Waals surface area contributed by atoms with Crippen molar-refractivity contribution < 1.29 is 4.79 Å². The summed E-state index contributed by atoms with van der Waals surface area (Å²) in [6.45, 7) is 5.75. The fourth-order valence-electron chi connectivity index (χ4n) is 2.70. The highest BCUT2D eigenvalue weighted by molar-refractivity contribution is 7.13. The summed E-state index contributed by atoms with van der Waals surface area (Å²) in [5.41, 5.74) is 2.60. The summed E-state index contributed by atoms with van der Waals surface area (Å²) in [6.07, 6.45) is 1.93. The van der Waals surface area contributed by atoms with E-state index in [4.69, 9.17) is 0 Å². The van der Waals surface area contributed by atoms with Crippen LogP contribution in [0.15, 0.2) is 35.7 Å². The number of rotatable bonds is 6. The summed E-state index contributed by atoms with van der Waals surface area (Å²) in [6, 6.07) is 10.2. The summed E-state index contributed by atoms with van der Waals surface area (Å²) in [4.78, 5) is 22.4. The molecule has 1 aromatic carbocycles. The lowest BCUT2D eigenvalue weighted by molar-refractivity contribution is 0.0750. The van der Waals surface area contributed by atoms with E-state index in [0.29, 0.717) is 5.69 Å². The van der Waals surface area contributed by atoms with Gasteiger partial charge < -0.3 is 9.88 Å². The number of amides is 1. The van der Waals surface area contributed by atoms with Crippen LogP contribution < -0.4 is 0 Å². The van der Waals surface area contributed by atoms with Crippen LogP contribution in [0.3, 0.4) is 0 Å².